The second kappa shape index (κ2) is 8.23. The first-order valence-corrected chi connectivity index (χ1v) is 5.81. The van der Waals surface area contributed by atoms with Gasteiger partial charge in [0.05, 0.1) is 26.4 Å². The fourth-order valence-electron chi connectivity index (χ4n) is 1.37. The van der Waals surface area contributed by atoms with Crippen molar-refractivity contribution >= 4 is 25.0 Å². The second-order valence-corrected chi connectivity index (χ2v) is 3.91. The minimum atomic E-state index is -0.977. The summed E-state index contributed by atoms with van der Waals surface area (Å²) < 4.78 is 15.1. The highest BCUT2D eigenvalue weighted by atomic mass is 16.6. The van der Waals surface area contributed by atoms with Crippen LogP contribution in [0.3, 0.4) is 0 Å². The largest absolute Gasteiger partial charge is 0.586 e. The van der Waals surface area contributed by atoms with Crippen molar-refractivity contribution in [2.24, 2.45) is 0 Å². The lowest BCUT2D eigenvalue weighted by atomic mass is 9.85. The van der Waals surface area contributed by atoms with Crippen molar-refractivity contribution in [2.75, 3.05) is 34.4 Å². The average Bonchev–Trinajstić information content (AvgIpc) is 2.45. The number of rotatable bonds is 8. The molecule has 0 atom stereocenters. The van der Waals surface area contributed by atoms with Gasteiger partial charge in [0.1, 0.15) is 11.9 Å². The Labute approximate surface area is 117 Å². The first kappa shape index (κ1) is 16.1. The Morgan fingerprint density at radius 2 is 2.20 bits per heavy atom. The van der Waals surface area contributed by atoms with E-state index in [0.29, 0.717) is 17.8 Å². The Morgan fingerprint density at radius 3 is 2.80 bits per heavy atom. The van der Waals surface area contributed by atoms with Crippen LogP contribution < -0.4 is 10.3 Å². The lowest BCUT2D eigenvalue weighted by Crippen LogP contribution is -2.42. The molecule has 0 saturated carbocycles. The molecular weight excluding hydrogens is 265 g/mol. The van der Waals surface area contributed by atoms with Crippen LogP contribution in [0.5, 0.6) is 5.88 Å². The van der Waals surface area contributed by atoms with E-state index in [0.717, 1.165) is 0 Å². The van der Waals surface area contributed by atoms with E-state index in [9.17, 15) is 9.59 Å². The molecule has 0 fully saturated rings. The number of carbonyl (C=O) groups is 2. The van der Waals surface area contributed by atoms with E-state index in [4.69, 9.17) is 14.0 Å². The number of aldehydes is 1. The SMILES string of the molecule is COB(OC(=O)CN(C)CC=O)c1cncc(OC)n1. The molecule has 0 amide bonds. The fourth-order valence-corrected chi connectivity index (χ4v) is 1.37. The van der Waals surface area contributed by atoms with E-state index in [-0.39, 0.29) is 13.1 Å². The zero-order valence-electron chi connectivity index (χ0n) is 11.6. The van der Waals surface area contributed by atoms with Gasteiger partial charge in [0.25, 0.3) is 0 Å². The summed E-state index contributed by atoms with van der Waals surface area (Å²) in [5.41, 5.74) is 0.318. The van der Waals surface area contributed by atoms with Crippen molar-refractivity contribution in [1.29, 1.82) is 0 Å². The first-order valence-electron chi connectivity index (χ1n) is 5.81. The van der Waals surface area contributed by atoms with Crippen LogP contribution in [0.1, 0.15) is 0 Å². The molecule has 108 valence electrons. The van der Waals surface area contributed by atoms with Crippen LogP contribution in [0.4, 0.5) is 0 Å². The maximum atomic E-state index is 11.7. The summed E-state index contributed by atoms with van der Waals surface area (Å²) in [6, 6.07) is 0. The van der Waals surface area contributed by atoms with Crippen LogP contribution in [0.15, 0.2) is 12.4 Å². The Bertz CT molecular complexity index is 459. The molecule has 9 heteroatoms. The molecule has 0 N–H and O–H groups in total. The number of hydrogen-bond acceptors (Lipinski definition) is 8. The molecule has 0 bridgehead atoms. The Balaban J connectivity index is 2.66. The third-order valence-electron chi connectivity index (χ3n) is 2.32. The van der Waals surface area contributed by atoms with E-state index < -0.39 is 13.1 Å². The number of likely N-dealkylation sites (N-methyl/N-ethyl adjacent to an activating group) is 1. The smallest absolute Gasteiger partial charge is 0.504 e. The highest BCUT2D eigenvalue weighted by Gasteiger charge is 2.27. The first-order chi connectivity index (χ1) is 9.60. The third kappa shape index (κ3) is 4.94. The Kier molecular flexibility index (Phi) is 6.61. The van der Waals surface area contributed by atoms with E-state index >= 15 is 0 Å². The highest BCUT2D eigenvalue weighted by Crippen LogP contribution is 1.99. The molecule has 0 radical (unpaired) electrons. The highest BCUT2D eigenvalue weighted by molar-refractivity contribution is 6.61. The van der Waals surface area contributed by atoms with Crippen molar-refractivity contribution in [3.05, 3.63) is 12.4 Å². The van der Waals surface area contributed by atoms with Gasteiger partial charge in [-0.3, -0.25) is 14.7 Å². The van der Waals surface area contributed by atoms with Crippen molar-refractivity contribution in [3.63, 3.8) is 0 Å². The molecule has 1 rings (SSSR count). The molecule has 0 aliphatic carbocycles. The maximum Gasteiger partial charge on any atom is 0.586 e. The third-order valence-corrected chi connectivity index (χ3v) is 2.32. The zero-order chi connectivity index (χ0) is 15.0. The molecule has 1 heterocycles. The van der Waals surface area contributed by atoms with Crippen molar-refractivity contribution in [3.8, 4) is 5.88 Å². The van der Waals surface area contributed by atoms with Gasteiger partial charge < -0.3 is 18.8 Å². The lowest BCUT2D eigenvalue weighted by Gasteiger charge is -2.15. The van der Waals surface area contributed by atoms with E-state index in [1.165, 1.54) is 31.5 Å². The van der Waals surface area contributed by atoms with Crippen LogP contribution >= 0.6 is 0 Å². The van der Waals surface area contributed by atoms with Gasteiger partial charge in [-0.2, -0.15) is 0 Å². The molecule has 1 aromatic rings. The van der Waals surface area contributed by atoms with Gasteiger partial charge in [-0.1, -0.05) is 0 Å². The summed E-state index contributed by atoms with van der Waals surface area (Å²) in [7, 11) is 3.49. The fraction of sp³-hybridized carbons (Fsp3) is 0.455. The minimum Gasteiger partial charge on any atom is -0.504 e. The van der Waals surface area contributed by atoms with Gasteiger partial charge in [-0.15, -0.1) is 0 Å². The topological polar surface area (TPSA) is 90.9 Å². The molecular formula is C11H16BN3O5. The summed E-state index contributed by atoms with van der Waals surface area (Å²) in [5, 5.41) is 0. The summed E-state index contributed by atoms with van der Waals surface area (Å²) in [6.07, 6.45) is 3.55. The molecule has 0 aliphatic heterocycles. The van der Waals surface area contributed by atoms with E-state index in [2.05, 4.69) is 9.97 Å². The Hall–Kier alpha value is -2.00. The van der Waals surface area contributed by atoms with Gasteiger partial charge in [-0.05, 0) is 7.05 Å². The number of nitrogens with zero attached hydrogens (tertiary/aromatic N) is 3. The van der Waals surface area contributed by atoms with Crippen LogP contribution in [0.25, 0.3) is 0 Å². The molecule has 8 nitrogen and oxygen atoms in total. The normalized spacial score (nSPS) is 10.2. The quantitative estimate of drug-likeness (QED) is 0.420. The average molecular weight is 281 g/mol. The molecule has 1 aromatic heterocycles. The van der Waals surface area contributed by atoms with Crippen molar-refractivity contribution < 1.29 is 23.6 Å². The summed E-state index contributed by atoms with van der Waals surface area (Å²) in [6.45, 7) is 0.113. The number of aromatic nitrogens is 2. The molecule has 0 aliphatic rings. The molecule has 0 saturated heterocycles. The van der Waals surface area contributed by atoms with Crippen LogP contribution in [0.2, 0.25) is 0 Å². The predicted octanol–water partition coefficient (Wildman–Crippen LogP) is -1.50. The monoisotopic (exact) mass is 281 g/mol. The van der Waals surface area contributed by atoms with Crippen LogP contribution in [0, 0.1) is 0 Å². The minimum absolute atomic E-state index is 0.0317. The van der Waals surface area contributed by atoms with Crippen LogP contribution in [-0.4, -0.2) is 68.6 Å². The lowest BCUT2D eigenvalue weighted by molar-refractivity contribution is -0.136. The second-order valence-electron chi connectivity index (χ2n) is 3.91. The van der Waals surface area contributed by atoms with Crippen LogP contribution in [-0.2, 0) is 18.9 Å². The molecule has 0 spiro atoms. The number of carbonyl (C=O) groups excluding carboxylic acids is 2. The molecule has 0 aromatic carbocycles. The van der Waals surface area contributed by atoms with Gasteiger partial charge in [0, 0.05) is 13.3 Å². The van der Waals surface area contributed by atoms with Gasteiger partial charge >= 0.3 is 13.1 Å². The van der Waals surface area contributed by atoms with Crippen molar-refractivity contribution in [1.82, 2.24) is 14.9 Å². The summed E-state index contributed by atoms with van der Waals surface area (Å²) >= 11 is 0. The maximum absolute atomic E-state index is 11.7. The Morgan fingerprint density at radius 1 is 1.45 bits per heavy atom. The summed E-state index contributed by atoms with van der Waals surface area (Å²) in [4.78, 5) is 31.5. The standard InChI is InChI=1S/C11H16BN3O5/c1-15(4-5-16)8-11(17)20-12(19-3)9-6-13-7-10(14-9)18-2/h5-7H,4,8H2,1-3H3. The molecule has 20 heavy (non-hydrogen) atoms. The number of methoxy groups -OCH3 is 1. The van der Waals surface area contributed by atoms with Gasteiger partial charge in [0.15, 0.2) is 0 Å². The van der Waals surface area contributed by atoms with E-state index in [1.54, 1.807) is 7.05 Å². The van der Waals surface area contributed by atoms with E-state index in [1.807, 2.05) is 0 Å². The number of ether oxygens (including phenoxy) is 1. The number of hydrogen-bond donors (Lipinski definition) is 0. The molecule has 0 unspecified atom stereocenters. The predicted molar refractivity (Wildman–Crippen MR) is 70.6 cm³/mol. The summed E-state index contributed by atoms with van der Waals surface area (Å²) in [5.74, 6) is -0.246. The van der Waals surface area contributed by atoms with Gasteiger partial charge in [-0.25, -0.2) is 4.98 Å². The zero-order valence-corrected chi connectivity index (χ0v) is 11.6. The van der Waals surface area contributed by atoms with Gasteiger partial charge in [0.2, 0.25) is 5.88 Å². The van der Waals surface area contributed by atoms with Crippen molar-refractivity contribution in [2.45, 2.75) is 0 Å².